The maximum absolute atomic E-state index is 2.31. The molecule has 0 fully saturated rings. The van der Waals surface area contributed by atoms with Crippen LogP contribution >= 0.6 is 0 Å². The van der Waals surface area contributed by atoms with Crippen molar-refractivity contribution < 1.29 is 0 Å². The van der Waals surface area contributed by atoms with Gasteiger partial charge in [-0.25, -0.2) is 0 Å². The average Bonchev–Trinajstić information content (AvgIpc) is 3.10. The molecule has 9 aromatic rings. The van der Waals surface area contributed by atoms with E-state index in [0.717, 1.165) is 0 Å². The van der Waals surface area contributed by atoms with Crippen LogP contribution in [0.15, 0.2) is 158 Å². The lowest BCUT2D eigenvalue weighted by atomic mass is 9.99. The summed E-state index contributed by atoms with van der Waals surface area (Å²) in [6.45, 7) is 0. The maximum Gasteiger partial charge on any atom is -0.0172 e. The van der Waals surface area contributed by atoms with Crippen molar-refractivity contribution in [1.29, 1.82) is 0 Å². The molecule has 0 N–H and O–H groups in total. The molecule has 0 radical (unpaired) electrons. The first-order valence-corrected chi connectivity index (χ1v) is 15.9. The van der Waals surface area contributed by atoms with E-state index in [0.29, 0.717) is 0 Å². The molecule has 0 heteroatoms. The average molecular weight is 583 g/mol. The quantitative estimate of drug-likeness (QED) is 0.143. The van der Waals surface area contributed by atoms with Gasteiger partial charge in [-0.2, -0.15) is 0 Å². The fourth-order valence-electron chi connectivity index (χ4n) is 6.75. The summed E-state index contributed by atoms with van der Waals surface area (Å²) in [5, 5.41) is 15.2. The topological polar surface area (TPSA) is 0 Å². The predicted octanol–water partition coefficient (Wildman–Crippen LogP) is 12.9. The molecule has 214 valence electrons. The normalized spacial score (nSPS) is 12.2. The van der Waals surface area contributed by atoms with Gasteiger partial charge in [-0.3, -0.25) is 0 Å². The molecular weight excluding hydrogens is 553 g/mol. The Labute approximate surface area is 268 Å². The summed E-state index contributed by atoms with van der Waals surface area (Å²) >= 11 is 0. The van der Waals surface area contributed by atoms with Crippen molar-refractivity contribution in [1.82, 2.24) is 0 Å². The van der Waals surface area contributed by atoms with E-state index < -0.39 is 0 Å². The highest BCUT2D eigenvalue weighted by molar-refractivity contribution is 6.02. The van der Waals surface area contributed by atoms with Gasteiger partial charge in [-0.1, -0.05) is 121 Å². The van der Waals surface area contributed by atoms with E-state index in [-0.39, 0.29) is 0 Å². The van der Waals surface area contributed by atoms with Crippen molar-refractivity contribution in [2.45, 2.75) is 0 Å². The zero-order valence-corrected chi connectivity index (χ0v) is 25.3. The summed E-state index contributed by atoms with van der Waals surface area (Å²) in [6, 6.07) is 57.8. The largest absolute Gasteiger partial charge is 0.0616 e. The molecule has 9 aromatic carbocycles. The zero-order valence-electron chi connectivity index (χ0n) is 25.3. The molecule has 0 saturated heterocycles. The predicted molar refractivity (Wildman–Crippen MR) is 202 cm³/mol. The lowest BCUT2D eigenvalue weighted by Crippen LogP contribution is -1.81. The van der Waals surface area contributed by atoms with E-state index in [2.05, 4.69) is 182 Å². The van der Waals surface area contributed by atoms with E-state index in [1.54, 1.807) is 0 Å². The second-order valence-corrected chi connectivity index (χ2v) is 12.3. The Hall–Kier alpha value is -5.98. The van der Waals surface area contributed by atoms with Gasteiger partial charge in [-0.05, 0) is 148 Å². The van der Waals surface area contributed by atoms with Crippen LogP contribution in [0.2, 0.25) is 0 Å². The number of benzene rings is 9. The van der Waals surface area contributed by atoms with Crippen molar-refractivity contribution in [3.8, 4) is 0 Å². The molecule has 0 aliphatic heterocycles. The Morgan fingerprint density at radius 2 is 0.413 bits per heavy atom. The van der Waals surface area contributed by atoms with E-state index in [1.807, 2.05) is 0 Å². The van der Waals surface area contributed by atoms with Crippen LogP contribution in [0.1, 0.15) is 22.3 Å². The van der Waals surface area contributed by atoms with E-state index >= 15 is 0 Å². The monoisotopic (exact) mass is 582 g/mol. The lowest BCUT2D eigenvalue weighted by molar-refractivity contribution is 1.69. The van der Waals surface area contributed by atoms with Gasteiger partial charge < -0.3 is 0 Å². The van der Waals surface area contributed by atoms with Gasteiger partial charge in [0.15, 0.2) is 0 Å². The highest BCUT2D eigenvalue weighted by Gasteiger charge is 2.03. The van der Waals surface area contributed by atoms with E-state index in [1.165, 1.54) is 86.9 Å². The number of hydrogen-bond acceptors (Lipinski definition) is 0. The maximum atomic E-state index is 2.31. The number of fused-ring (bicyclic) bond motifs is 6. The van der Waals surface area contributed by atoms with Crippen LogP contribution < -0.4 is 0 Å². The highest BCUT2D eigenvalue weighted by atomic mass is 14.1. The van der Waals surface area contributed by atoms with Crippen LogP contribution in [0, 0.1) is 0 Å². The highest BCUT2D eigenvalue weighted by Crippen LogP contribution is 2.29. The van der Waals surface area contributed by atoms with Crippen LogP contribution in [-0.2, 0) is 0 Å². The summed E-state index contributed by atoms with van der Waals surface area (Å²) in [4.78, 5) is 0. The number of rotatable bonds is 4. The van der Waals surface area contributed by atoms with Gasteiger partial charge in [0.05, 0.1) is 0 Å². The first-order valence-electron chi connectivity index (χ1n) is 15.9. The summed E-state index contributed by atoms with van der Waals surface area (Å²) in [7, 11) is 0. The Kier molecular flexibility index (Phi) is 6.25. The van der Waals surface area contributed by atoms with Gasteiger partial charge in [0.25, 0.3) is 0 Å². The van der Waals surface area contributed by atoms with Crippen molar-refractivity contribution in [3.05, 3.63) is 180 Å². The van der Waals surface area contributed by atoms with Gasteiger partial charge in [0.2, 0.25) is 0 Å². The molecule has 0 aliphatic carbocycles. The number of hydrogen-bond donors (Lipinski definition) is 0. The van der Waals surface area contributed by atoms with Crippen LogP contribution in [0.5, 0.6) is 0 Å². The van der Waals surface area contributed by atoms with Gasteiger partial charge >= 0.3 is 0 Å². The van der Waals surface area contributed by atoms with Gasteiger partial charge in [-0.15, -0.1) is 0 Å². The molecule has 46 heavy (non-hydrogen) atoms. The van der Waals surface area contributed by atoms with Crippen LogP contribution in [0.3, 0.4) is 0 Å². The van der Waals surface area contributed by atoms with Gasteiger partial charge in [0, 0.05) is 0 Å². The van der Waals surface area contributed by atoms with Crippen molar-refractivity contribution in [3.63, 3.8) is 0 Å². The van der Waals surface area contributed by atoms with Crippen LogP contribution in [-0.4, -0.2) is 0 Å². The molecular formula is C46H30. The Balaban J connectivity index is 0.973. The third-order valence-electron chi connectivity index (χ3n) is 9.24. The first-order chi connectivity index (χ1) is 22.7. The molecule has 0 amide bonds. The van der Waals surface area contributed by atoms with Crippen molar-refractivity contribution in [2.75, 3.05) is 0 Å². The smallest absolute Gasteiger partial charge is 0.0172 e. The molecule has 0 aromatic heterocycles. The van der Waals surface area contributed by atoms with Crippen molar-refractivity contribution in [2.24, 2.45) is 0 Å². The first kappa shape index (κ1) is 26.4. The second kappa shape index (κ2) is 10.9. The second-order valence-electron chi connectivity index (χ2n) is 12.3. The molecule has 0 saturated carbocycles. The summed E-state index contributed by atoms with van der Waals surface area (Å²) in [5.41, 5.74) is 4.82. The zero-order chi connectivity index (χ0) is 30.5. The fraction of sp³-hybridized carbons (Fsp3) is 0. The molecule has 0 spiro atoms. The third-order valence-corrected chi connectivity index (χ3v) is 9.24. The summed E-state index contributed by atoms with van der Waals surface area (Å²) in [5.74, 6) is 0. The summed E-state index contributed by atoms with van der Waals surface area (Å²) < 4.78 is 0. The Morgan fingerprint density at radius 3 is 0.674 bits per heavy atom. The minimum atomic E-state index is 1.20. The SMILES string of the molecule is C(=C\c1ccc2cc3cc(/C=C/c4ccc5cc6ccccc6cc5c4)ccc3cc2c1)/c1ccc2cc3ccccc3cc2c1. The van der Waals surface area contributed by atoms with Crippen LogP contribution in [0.25, 0.3) is 88.9 Å². The molecule has 0 bridgehead atoms. The van der Waals surface area contributed by atoms with E-state index in [4.69, 9.17) is 0 Å². The molecule has 0 nitrogen and oxygen atoms in total. The Morgan fingerprint density at radius 1 is 0.196 bits per heavy atom. The molecule has 0 atom stereocenters. The molecule has 0 aliphatic rings. The standard InChI is InChI=1S/C46H30/c1-3-7-37-27-43-21-31(13-17-39(43)25-35(37)5-1)9-11-33-15-19-41-30-46-24-34(16-20-42(46)29-45(41)23-33)12-10-32-14-18-40-26-36-6-2-4-8-38(36)28-44(40)22-32/h1-30H/b11-9+,12-10+. The lowest BCUT2D eigenvalue weighted by Gasteiger charge is -2.06. The van der Waals surface area contributed by atoms with E-state index in [9.17, 15) is 0 Å². The molecule has 0 unspecified atom stereocenters. The fourth-order valence-corrected chi connectivity index (χ4v) is 6.75. The minimum absolute atomic E-state index is 1.20. The molecule has 9 rings (SSSR count). The summed E-state index contributed by atoms with van der Waals surface area (Å²) in [6.07, 6.45) is 8.87. The third kappa shape index (κ3) is 5.01. The van der Waals surface area contributed by atoms with Gasteiger partial charge in [0.1, 0.15) is 0 Å². The van der Waals surface area contributed by atoms with Crippen molar-refractivity contribution >= 4 is 88.9 Å². The molecule has 0 heterocycles. The Bertz CT molecular complexity index is 2500. The van der Waals surface area contributed by atoms with Crippen LogP contribution in [0.4, 0.5) is 0 Å². The minimum Gasteiger partial charge on any atom is -0.0616 e.